The molecule has 0 heterocycles. The first-order valence-corrected chi connectivity index (χ1v) is 10.7. The van der Waals surface area contributed by atoms with Gasteiger partial charge in [0, 0.05) is 24.7 Å². The highest BCUT2D eigenvalue weighted by Crippen LogP contribution is 2.22. The van der Waals surface area contributed by atoms with Gasteiger partial charge in [0.2, 0.25) is 0 Å². The van der Waals surface area contributed by atoms with Gasteiger partial charge >= 0.3 is 12.2 Å². The number of rotatable bonds is 11. The van der Waals surface area contributed by atoms with Gasteiger partial charge in [-0.1, -0.05) is 0 Å². The standard InChI is InChI=1S/C23H36N2O7/c1-22(2,3)31-20(27)24-9-7-11-29-18-13-17(16-26)14-19(15-18)30-12-8-10-25-21(28)32-23(4,5)6/h13-16H,7-12H2,1-6H3,(H,24,27)(H,25,28). The van der Waals surface area contributed by atoms with Crippen molar-refractivity contribution in [1.29, 1.82) is 0 Å². The Hall–Kier alpha value is -2.97. The van der Waals surface area contributed by atoms with Crippen molar-refractivity contribution in [3.63, 3.8) is 0 Å². The number of aldehydes is 1. The molecule has 0 unspecified atom stereocenters. The van der Waals surface area contributed by atoms with Gasteiger partial charge in [-0.25, -0.2) is 9.59 Å². The van der Waals surface area contributed by atoms with Crippen LogP contribution in [0.2, 0.25) is 0 Å². The predicted molar refractivity (Wildman–Crippen MR) is 121 cm³/mol. The Bertz CT molecular complexity index is 695. The number of alkyl carbamates (subject to hydrolysis) is 2. The van der Waals surface area contributed by atoms with Crippen LogP contribution in [0.15, 0.2) is 18.2 Å². The van der Waals surface area contributed by atoms with Gasteiger partial charge in [0.05, 0.1) is 13.2 Å². The molecular formula is C23H36N2O7. The Kier molecular flexibility index (Phi) is 10.8. The third kappa shape index (κ3) is 13.4. The van der Waals surface area contributed by atoms with Crippen LogP contribution in [0.1, 0.15) is 64.7 Å². The van der Waals surface area contributed by atoms with Gasteiger partial charge in [-0.15, -0.1) is 0 Å². The van der Waals surface area contributed by atoms with Gasteiger partial charge in [-0.3, -0.25) is 4.79 Å². The van der Waals surface area contributed by atoms with Crippen LogP contribution in [0, 0.1) is 0 Å². The average Bonchev–Trinajstić information content (AvgIpc) is 2.64. The van der Waals surface area contributed by atoms with Crippen molar-refractivity contribution < 1.29 is 33.3 Å². The van der Waals surface area contributed by atoms with Gasteiger partial charge in [-0.2, -0.15) is 0 Å². The highest BCUT2D eigenvalue weighted by molar-refractivity contribution is 5.76. The van der Waals surface area contributed by atoms with E-state index in [0.29, 0.717) is 62.5 Å². The first kappa shape index (κ1) is 27.1. The molecule has 32 heavy (non-hydrogen) atoms. The van der Waals surface area contributed by atoms with Gasteiger partial charge in [0.1, 0.15) is 29.0 Å². The SMILES string of the molecule is CC(C)(C)OC(=O)NCCCOc1cc(C=O)cc(OCCCNC(=O)OC(C)(C)C)c1. The van der Waals surface area contributed by atoms with Crippen molar-refractivity contribution in [3.8, 4) is 11.5 Å². The lowest BCUT2D eigenvalue weighted by atomic mass is 10.2. The van der Waals surface area contributed by atoms with E-state index in [-0.39, 0.29) is 0 Å². The second-order valence-electron chi connectivity index (χ2n) is 9.12. The molecule has 1 rings (SSSR count). The van der Waals surface area contributed by atoms with E-state index in [9.17, 15) is 14.4 Å². The normalized spacial score (nSPS) is 11.3. The third-order valence-electron chi connectivity index (χ3n) is 3.55. The molecule has 1 aromatic rings. The monoisotopic (exact) mass is 452 g/mol. The van der Waals surface area contributed by atoms with Gasteiger partial charge in [0.25, 0.3) is 0 Å². The second-order valence-corrected chi connectivity index (χ2v) is 9.12. The molecule has 0 fully saturated rings. The zero-order valence-electron chi connectivity index (χ0n) is 19.9. The molecule has 0 aliphatic heterocycles. The molecule has 0 aliphatic carbocycles. The van der Waals surface area contributed by atoms with E-state index >= 15 is 0 Å². The van der Waals surface area contributed by atoms with Crippen LogP contribution in [0.5, 0.6) is 11.5 Å². The van der Waals surface area contributed by atoms with Crippen molar-refractivity contribution in [1.82, 2.24) is 10.6 Å². The van der Waals surface area contributed by atoms with E-state index in [1.165, 1.54) is 0 Å². The van der Waals surface area contributed by atoms with Crippen LogP contribution in [-0.2, 0) is 9.47 Å². The summed E-state index contributed by atoms with van der Waals surface area (Å²) in [5, 5.41) is 5.32. The maximum absolute atomic E-state index is 11.6. The molecule has 9 nitrogen and oxygen atoms in total. The minimum Gasteiger partial charge on any atom is -0.493 e. The van der Waals surface area contributed by atoms with Crippen LogP contribution in [0.25, 0.3) is 0 Å². The minimum absolute atomic E-state index is 0.345. The smallest absolute Gasteiger partial charge is 0.407 e. The van der Waals surface area contributed by atoms with Crippen LogP contribution >= 0.6 is 0 Å². The van der Waals surface area contributed by atoms with E-state index in [1.807, 2.05) is 0 Å². The topological polar surface area (TPSA) is 112 Å². The molecule has 180 valence electrons. The zero-order valence-corrected chi connectivity index (χ0v) is 19.9. The summed E-state index contributed by atoms with van der Waals surface area (Å²) in [6.07, 6.45) is 0.900. The maximum Gasteiger partial charge on any atom is 0.407 e. The lowest BCUT2D eigenvalue weighted by molar-refractivity contribution is 0.0514. The van der Waals surface area contributed by atoms with Gasteiger partial charge in [0.15, 0.2) is 0 Å². The maximum atomic E-state index is 11.6. The molecule has 9 heteroatoms. The summed E-state index contributed by atoms with van der Waals surface area (Å²) in [7, 11) is 0. The molecule has 1 aromatic carbocycles. The van der Waals surface area contributed by atoms with Crippen molar-refractivity contribution in [2.45, 2.75) is 65.6 Å². The van der Waals surface area contributed by atoms with E-state index < -0.39 is 23.4 Å². The summed E-state index contributed by atoms with van der Waals surface area (Å²) < 4.78 is 21.7. The van der Waals surface area contributed by atoms with E-state index in [2.05, 4.69) is 10.6 Å². The number of carbonyl (C=O) groups is 3. The number of amides is 2. The quantitative estimate of drug-likeness (QED) is 0.384. The summed E-state index contributed by atoms with van der Waals surface area (Å²) >= 11 is 0. The average molecular weight is 453 g/mol. The van der Waals surface area contributed by atoms with Crippen molar-refractivity contribution in [3.05, 3.63) is 23.8 Å². The molecule has 0 spiro atoms. The first-order valence-electron chi connectivity index (χ1n) is 10.7. The molecule has 0 bridgehead atoms. The minimum atomic E-state index is -0.544. The Balaban J connectivity index is 2.37. The van der Waals surface area contributed by atoms with E-state index in [4.69, 9.17) is 18.9 Å². The highest BCUT2D eigenvalue weighted by atomic mass is 16.6. The lowest BCUT2D eigenvalue weighted by Crippen LogP contribution is -2.33. The van der Waals surface area contributed by atoms with Crippen LogP contribution in [0.4, 0.5) is 9.59 Å². The Morgan fingerprint density at radius 3 is 1.53 bits per heavy atom. The number of hydrogen-bond donors (Lipinski definition) is 2. The number of nitrogens with one attached hydrogen (secondary N) is 2. The Morgan fingerprint density at radius 1 is 0.781 bits per heavy atom. The second kappa shape index (κ2) is 12.8. The Labute approximate surface area is 190 Å². The summed E-state index contributed by atoms with van der Waals surface area (Å²) in [6.45, 7) is 12.3. The molecule has 2 N–H and O–H groups in total. The van der Waals surface area contributed by atoms with E-state index in [1.54, 1.807) is 59.7 Å². The van der Waals surface area contributed by atoms with Crippen LogP contribution in [-0.4, -0.2) is 56.0 Å². The molecule has 0 aliphatic rings. The molecule has 2 amide bonds. The van der Waals surface area contributed by atoms with Gasteiger partial charge in [-0.05, 0) is 66.5 Å². The van der Waals surface area contributed by atoms with Crippen molar-refractivity contribution in [2.75, 3.05) is 26.3 Å². The van der Waals surface area contributed by atoms with E-state index in [0.717, 1.165) is 0 Å². The van der Waals surface area contributed by atoms with Crippen LogP contribution in [0.3, 0.4) is 0 Å². The molecule has 0 atom stereocenters. The molecule has 0 saturated heterocycles. The third-order valence-corrected chi connectivity index (χ3v) is 3.55. The largest absolute Gasteiger partial charge is 0.493 e. The number of benzene rings is 1. The fraction of sp³-hybridized carbons (Fsp3) is 0.609. The molecule has 0 radical (unpaired) electrons. The lowest BCUT2D eigenvalue weighted by Gasteiger charge is -2.19. The summed E-state index contributed by atoms with van der Waals surface area (Å²) in [5.74, 6) is 0.988. The summed E-state index contributed by atoms with van der Waals surface area (Å²) in [6, 6.07) is 4.92. The van der Waals surface area contributed by atoms with Crippen molar-refractivity contribution in [2.24, 2.45) is 0 Å². The number of ether oxygens (including phenoxy) is 4. The van der Waals surface area contributed by atoms with Crippen LogP contribution < -0.4 is 20.1 Å². The van der Waals surface area contributed by atoms with Gasteiger partial charge < -0.3 is 29.6 Å². The predicted octanol–water partition coefficient (Wildman–Crippen LogP) is 4.09. The van der Waals surface area contributed by atoms with Crippen molar-refractivity contribution >= 4 is 18.5 Å². The fourth-order valence-electron chi connectivity index (χ4n) is 2.36. The Morgan fingerprint density at radius 2 is 1.19 bits per heavy atom. The first-order chi connectivity index (χ1) is 14.9. The highest BCUT2D eigenvalue weighted by Gasteiger charge is 2.16. The number of carbonyl (C=O) groups excluding carboxylic acids is 3. The molecular weight excluding hydrogens is 416 g/mol. The fourth-order valence-corrected chi connectivity index (χ4v) is 2.36. The zero-order chi connectivity index (χ0) is 24.2. The molecule has 0 saturated carbocycles. The summed E-state index contributed by atoms with van der Waals surface area (Å²) in [5.41, 5.74) is -0.660. The molecule has 0 aromatic heterocycles. The number of hydrogen-bond acceptors (Lipinski definition) is 7. The summed E-state index contributed by atoms with van der Waals surface area (Å²) in [4.78, 5) is 34.4.